The van der Waals surface area contributed by atoms with Crippen molar-refractivity contribution in [3.63, 3.8) is 0 Å². The first kappa shape index (κ1) is 41.5. The molecule has 0 aliphatic carbocycles. The van der Waals surface area contributed by atoms with Gasteiger partial charge in [-0.1, -0.05) is 85.8 Å². The maximum Gasteiger partial charge on any atom is 0.408 e. The number of phenolic OH excluding ortho intramolecular Hbond substituents is 1. The first-order valence-corrected chi connectivity index (χ1v) is 20.7. The number of benzene rings is 4. The Morgan fingerprint density at radius 2 is 1.68 bits per heavy atom. The first-order valence-electron chi connectivity index (χ1n) is 20.7. The molecule has 1 aliphatic rings. The number of unbranched alkanes of at least 4 members (excludes halogenated alkanes) is 3. The minimum absolute atomic E-state index is 0.0263. The number of piperidine rings is 1. The number of likely N-dealkylation sites (tertiary alicyclic amines) is 1. The molecule has 4 aromatic carbocycles. The van der Waals surface area contributed by atoms with Crippen LogP contribution in [0.4, 0.5) is 4.79 Å². The summed E-state index contributed by atoms with van der Waals surface area (Å²) in [5, 5.41) is 28.1. The zero-order chi connectivity index (χ0) is 39.8. The molecule has 57 heavy (non-hydrogen) atoms. The molecule has 4 unspecified atom stereocenters. The second-order valence-corrected chi connectivity index (χ2v) is 15.3. The van der Waals surface area contributed by atoms with Crippen LogP contribution in [0.5, 0.6) is 11.5 Å². The highest BCUT2D eigenvalue weighted by Gasteiger charge is 2.34. The molecule has 0 saturated carbocycles. The Balaban J connectivity index is 0.952. The minimum Gasteiger partial charge on any atom is -0.506 e. The largest absolute Gasteiger partial charge is 0.506 e. The number of fused-ring (bicyclic) bond motifs is 1. The van der Waals surface area contributed by atoms with Crippen LogP contribution >= 0.6 is 0 Å². The van der Waals surface area contributed by atoms with Crippen molar-refractivity contribution in [2.45, 2.75) is 76.5 Å². The fourth-order valence-corrected chi connectivity index (χ4v) is 8.00. The van der Waals surface area contributed by atoms with E-state index in [1.807, 2.05) is 54.6 Å². The van der Waals surface area contributed by atoms with Crippen LogP contribution in [-0.2, 0) is 11.2 Å². The van der Waals surface area contributed by atoms with Gasteiger partial charge in [0, 0.05) is 30.3 Å². The summed E-state index contributed by atoms with van der Waals surface area (Å²) in [7, 11) is 0. The number of amides is 1. The summed E-state index contributed by atoms with van der Waals surface area (Å²) in [4.78, 5) is 29.5. The number of aromatic hydroxyl groups is 1. The summed E-state index contributed by atoms with van der Waals surface area (Å²) in [5.41, 5.74) is 3.95. The average molecular weight is 776 g/mol. The van der Waals surface area contributed by atoms with E-state index in [9.17, 15) is 19.8 Å². The quantitative estimate of drug-likeness (QED) is 0.0489. The number of hydrogen-bond donors (Lipinski definition) is 6. The standard InChI is InChI=1S/C47H58N4O6/c1-2-35-26-29-51(28-12-10-17-34-15-6-3-7-16-34)33-43(35)57-47(55)50-45(36-18-8-4-9-19-36)37-20-14-21-38(31-37)56-30-13-5-11-27-48-32-42(53)39-22-24-41(52)46-40(39)23-25-44(54)49-46/h3-4,6-9,14-16,18-25,31,35,42-43,45,48,52-53H,2,5,10-13,17,26-30,32-33H2,1H3,(H,49,54)(H,50,55)/p+1/t35?,42-,43?,45?/m0/s1. The Bertz CT molecular complexity index is 2040. The summed E-state index contributed by atoms with van der Waals surface area (Å²) in [6, 6.07) is 34.4. The molecule has 1 amide bonds. The Morgan fingerprint density at radius 3 is 2.49 bits per heavy atom. The summed E-state index contributed by atoms with van der Waals surface area (Å²) in [5.74, 6) is 1.08. The van der Waals surface area contributed by atoms with E-state index in [-0.39, 0.29) is 17.4 Å². The van der Waals surface area contributed by atoms with Gasteiger partial charge in [-0.15, -0.1) is 0 Å². The molecule has 6 rings (SSSR count). The normalized spacial score (nSPS) is 17.8. The topological polar surface area (TPSA) is 137 Å². The molecular formula is C47H59N4O6+. The van der Waals surface area contributed by atoms with Crippen molar-refractivity contribution in [1.29, 1.82) is 0 Å². The average Bonchev–Trinajstić information content (AvgIpc) is 3.23. The number of hydrogen-bond acceptors (Lipinski definition) is 7. The van der Waals surface area contributed by atoms with Gasteiger partial charge in [0.2, 0.25) is 5.56 Å². The molecule has 2 heterocycles. The van der Waals surface area contributed by atoms with E-state index in [2.05, 4.69) is 52.9 Å². The van der Waals surface area contributed by atoms with E-state index in [0.717, 1.165) is 94.4 Å². The van der Waals surface area contributed by atoms with Gasteiger partial charge in [0.15, 0.2) is 6.10 Å². The molecule has 10 heteroatoms. The van der Waals surface area contributed by atoms with Crippen LogP contribution in [0.3, 0.4) is 0 Å². The number of aromatic nitrogens is 1. The van der Waals surface area contributed by atoms with Gasteiger partial charge >= 0.3 is 6.09 Å². The molecule has 6 N–H and O–H groups in total. The van der Waals surface area contributed by atoms with Gasteiger partial charge in [-0.25, -0.2) is 4.79 Å². The fraction of sp³-hybridized carbons (Fsp3) is 0.404. The number of phenols is 1. The van der Waals surface area contributed by atoms with Crippen molar-refractivity contribution in [2.24, 2.45) is 5.92 Å². The third-order valence-corrected chi connectivity index (χ3v) is 11.2. The number of quaternary nitrogens is 1. The molecule has 302 valence electrons. The Morgan fingerprint density at radius 1 is 0.895 bits per heavy atom. The van der Waals surface area contributed by atoms with Crippen molar-refractivity contribution in [1.82, 2.24) is 15.6 Å². The molecule has 5 atom stereocenters. The van der Waals surface area contributed by atoms with E-state index in [1.54, 1.807) is 12.1 Å². The highest BCUT2D eigenvalue weighted by molar-refractivity contribution is 5.87. The molecular weight excluding hydrogens is 717 g/mol. The third kappa shape index (κ3) is 12.2. The zero-order valence-electron chi connectivity index (χ0n) is 33.1. The second kappa shape index (κ2) is 21.4. The van der Waals surface area contributed by atoms with E-state index in [1.165, 1.54) is 22.6 Å². The number of carbonyl (C=O) groups excluding carboxylic acids is 1. The number of nitrogens with one attached hydrogen (secondary N) is 4. The van der Waals surface area contributed by atoms with Crippen molar-refractivity contribution in [2.75, 3.05) is 39.3 Å². The van der Waals surface area contributed by atoms with Crippen molar-refractivity contribution >= 4 is 17.0 Å². The monoisotopic (exact) mass is 775 g/mol. The lowest BCUT2D eigenvalue weighted by molar-refractivity contribution is -0.909. The van der Waals surface area contributed by atoms with Gasteiger partial charge in [0.05, 0.1) is 37.4 Å². The molecule has 1 fully saturated rings. The van der Waals surface area contributed by atoms with E-state index < -0.39 is 18.2 Å². The van der Waals surface area contributed by atoms with Crippen LogP contribution in [0.15, 0.2) is 114 Å². The van der Waals surface area contributed by atoms with Gasteiger partial charge in [-0.05, 0) is 98.0 Å². The number of ether oxygens (including phenoxy) is 2. The summed E-state index contributed by atoms with van der Waals surface area (Å²) in [6.45, 7) is 6.89. The lowest BCUT2D eigenvalue weighted by Gasteiger charge is -2.35. The number of H-pyrrole nitrogens is 1. The van der Waals surface area contributed by atoms with Gasteiger partial charge in [-0.3, -0.25) is 4.79 Å². The Labute approximate surface area is 336 Å². The van der Waals surface area contributed by atoms with Gasteiger partial charge in [0.25, 0.3) is 0 Å². The SMILES string of the molecule is CCC1CC[NH+](CCCCc2ccccc2)CC1OC(=O)NC(c1ccccc1)c1cccc(OCCCCCNC[C@H](O)c2ccc(O)c3[nH]c(=O)ccc23)c1. The molecule has 1 aliphatic heterocycles. The smallest absolute Gasteiger partial charge is 0.408 e. The van der Waals surface area contributed by atoms with Gasteiger partial charge in [0.1, 0.15) is 18.0 Å². The lowest BCUT2D eigenvalue weighted by Crippen LogP contribution is -3.14. The minimum atomic E-state index is -0.789. The highest BCUT2D eigenvalue weighted by Crippen LogP contribution is 2.29. The zero-order valence-corrected chi connectivity index (χ0v) is 33.1. The van der Waals surface area contributed by atoms with Gasteiger partial charge < -0.3 is 40.2 Å². The van der Waals surface area contributed by atoms with Crippen LogP contribution in [0, 0.1) is 5.92 Å². The number of pyridine rings is 1. The number of aryl methyl sites for hydroxylation is 1. The fourth-order valence-electron chi connectivity index (χ4n) is 8.00. The predicted octanol–water partition coefficient (Wildman–Crippen LogP) is 6.63. The summed E-state index contributed by atoms with van der Waals surface area (Å²) in [6.07, 6.45) is 6.89. The molecule has 5 aromatic rings. The molecule has 0 radical (unpaired) electrons. The van der Waals surface area contributed by atoms with Gasteiger partial charge in [-0.2, -0.15) is 0 Å². The third-order valence-electron chi connectivity index (χ3n) is 11.2. The Hall–Kier alpha value is -5.16. The molecule has 10 nitrogen and oxygen atoms in total. The van der Waals surface area contributed by atoms with Crippen LogP contribution in [-0.4, -0.2) is 66.7 Å². The van der Waals surface area contributed by atoms with Crippen molar-refractivity contribution < 1.29 is 29.4 Å². The predicted molar refractivity (Wildman–Crippen MR) is 225 cm³/mol. The summed E-state index contributed by atoms with van der Waals surface area (Å²) >= 11 is 0. The number of aliphatic hydroxyl groups is 1. The Kier molecular flexibility index (Phi) is 15.6. The van der Waals surface area contributed by atoms with Crippen molar-refractivity contribution in [3.05, 3.63) is 142 Å². The molecule has 1 saturated heterocycles. The molecule has 0 spiro atoms. The van der Waals surface area contributed by atoms with Crippen LogP contribution < -0.4 is 25.8 Å². The van der Waals surface area contributed by atoms with Crippen molar-refractivity contribution in [3.8, 4) is 11.5 Å². The van der Waals surface area contributed by atoms with E-state index >= 15 is 0 Å². The highest BCUT2D eigenvalue weighted by atomic mass is 16.6. The van der Waals surface area contributed by atoms with E-state index in [4.69, 9.17) is 9.47 Å². The maximum absolute atomic E-state index is 13.6. The van der Waals surface area contributed by atoms with Crippen LogP contribution in [0.25, 0.3) is 10.9 Å². The number of aliphatic hydroxyl groups excluding tert-OH is 1. The molecule has 0 bridgehead atoms. The number of alkyl carbamates (subject to hydrolysis) is 1. The molecule has 1 aromatic heterocycles. The second-order valence-electron chi connectivity index (χ2n) is 15.3. The number of aromatic amines is 1. The number of carbonyl (C=O) groups is 1. The number of rotatable bonds is 20. The van der Waals surface area contributed by atoms with Crippen LogP contribution in [0.1, 0.15) is 86.3 Å². The lowest BCUT2D eigenvalue weighted by atomic mass is 9.91. The summed E-state index contributed by atoms with van der Waals surface area (Å²) < 4.78 is 12.4. The van der Waals surface area contributed by atoms with E-state index in [0.29, 0.717) is 35.5 Å². The maximum atomic E-state index is 13.6. The van der Waals surface area contributed by atoms with Crippen LogP contribution in [0.2, 0.25) is 0 Å². The first-order chi connectivity index (χ1) is 27.9.